The Morgan fingerprint density at radius 1 is 1.67 bits per heavy atom. The average Bonchev–Trinajstić information content (AvgIpc) is 2.60. The first kappa shape index (κ1) is 10.4. The summed E-state index contributed by atoms with van der Waals surface area (Å²) in [6.07, 6.45) is 3.44. The molecular weight excluding hydrogens is 196 g/mol. The Hall–Kier alpha value is -1.07. The van der Waals surface area contributed by atoms with E-state index in [0.29, 0.717) is 13.0 Å². The number of aryl methyl sites for hydroxylation is 1. The maximum atomic E-state index is 9.47. The Labute approximate surface area is 88.6 Å². The first-order chi connectivity index (χ1) is 7.20. The summed E-state index contributed by atoms with van der Waals surface area (Å²) in [5.41, 5.74) is 0. The molecule has 1 N–H and O–H groups in total. The molecule has 3 unspecified atom stereocenters. The number of aromatic nitrogens is 2. The van der Waals surface area contributed by atoms with Gasteiger partial charge < -0.3 is 14.6 Å². The van der Waals surface area contributed by atoms with Gasteiger partial charge in [-0.05, 0) is 6.92 Å². The minimum absolute atomic E-state index is 0.0517. The van der Waals surface area contributed by atoms with Gasteiger partial charge in [-0.1, -0.05) is 0 Å². The van der Waals surface area contributed by atoms with Gasteiger partial charge in [0, 0.05) is 20.1 Å². The molecule has 2 rings (SSSR count). The minimum Gasteiger partial charge on any atom is -0.484 e. The fourth-order valence-corrected chi connectivity index (χ4v) is 1.72. The molecular formula is C10H16N2O3. The number of rotatable bonds is 4. The molecule has 0 radical (unpaired) electrons. The van der Waals surface area contributed by atoms with E-state index in [4.69, 9.17) is 9.47 Å². The van der Waals surface area contributed by atoms with E-state index >= 15 is 0 Å². The molecule has 1 aliphatic carbocycles. The van der Waals surface area contributed by atoms with E-state index in [1.165, 1.54) is 0 Å². The summed E-state index contributed by atoms with van der Waals surface area (Å²) >= 11 is 0. The molecule has 15 heavy (non-hydrogen) atoms. The Morgan fingerprint density at radius 2 is 2.47 bits per heavy atom. The zero-order valence-electron chi connectivity index (χ0n) is 8.96. The van der Waals surface area contributed by atoms with Crippen LogP contribution in [0.1, 0.15) is 13.3 Å². The average molecular weight is 212 g/mol. The Morgan fingerprint density at radius 3 is 3.00 bits per heavy atom. The van der Waals surface area contributed by atoms with Gasteiger partial charge in [-0.25, -0.2) is 0 Å². The van der Waals surface area contributed by atoms with Crippen molar-refractivity contribution in [3.63, 3.8) is 0 Å². The molecule has 1 heterocycles. The molecule has 0 saturated heterocycles. The zero-order valence-corrected chi connectivity index (χ0v) is 8.96. The largest absolute Gasteiger partial charge is 0.484 e. The van der Waals surface area contributed by atoms with Crippen molar-refractivity contribution in [2.45, 2.75) is 31.7 Å². The van der Waals surface area contributed by atoms with Gasteiger partial charge in [0.1, 0.15) is 12.2 Å². The van der Waals surface area contributed by atoms with Crippen LogP contribution in [0.4, 0.5) is 0 Å². The van der Waals surface area contributed by atoms with Gasteiger partial charge in [0.25, 0.3) is 0 Å². The molecule has 84 valence electrons. The standard InChI is InChI=1S/C10H16N2O3/c1-3-14-10-8(13)4-9(10)15-7-5-11-12(2)6-7/h5-6,8-10,13H,3-4H2,1-2H3. The van der Waals surface area contributed by atoms with Crippen molar-refractivity contribution in [3.05, 3.63) is 12.4 Å². The summed E-state index contributed by atoms with van der Waals surface area (Å²) in [5.74, 6) is 0.721. The van der Waals surface area contributed by atoms with Crippen molar-refractivity contribution in [1.29, 1.82) is 0 Å². The van der Waals surface area contributed by atoms with Gasteiger partial charge in [-0.15, -0.1) is 0 Å². The normalized spacial score (nSPS) is 29.9. The van der Waals surface area contributed by atoms with Crippen LogP contribution in [-0.2, 0) is 11.8 Å². The molecule has 1 saturated carbocycles. The molecule has 0 spiro atoms. The summed E-state index contributed by atoms with van der Waals surface area (Å²) in [7, 11) is 1.84. The van der Waals surface area contributed by atoms with Gasteiger partial charge in [0.05, 0.1) is 18.5 Å². The van der Waals surface area contributed by atoms with Crippen molar-refractivity contribution in [2.24, 2.45) is 7.05 Å². The number of nitrogens with zero attached hydrogens (tertiary/aromatic N) is 2. The fraction of sp³-hybridized carbons (Fsp3) is 0.700. The van der Waals surface area contributed by atoms with E-state index in [1.54, 1.807) is 17.1 Å². The monoisotopic (exact) mass is 212 g/mol. The summed E-state index contributed by atoms with van der Waals surface area (Å²) in [4.78, 5) is 0. The highest BCUT2D eigenvalue weighted by atomic mass is 16.6. The fourth-order valence-electron chi connectivity index (χ4n) is 1.72. The van der Waals surface area contributed by atoms with Crippen molar-refractivity contribution >= 4 is 0 Å². The van der Waals surface area contributed by atoms with E-state index in [1.807, 2.05) is 14.0 Å². The Kier molecular flexibility index (Phi) is 2.93. The lowest BCUT2D eigenvalue weighted by atomic mass is 9.88. The number of hydrogen-bond donors (Lipinski definition) is 1. The topological polar surface area (TPSA) is 56.5 Å². The molecule has 5 nitrogen and oxygen atoms in total. The Balaban J connectivity index is 1.90. The first-order valence-corrected chi connectivity index (χ1v) is 5.15. The van der Waals surface area contributed by atoms with Crippen molar-refractivity contribution in [2.75, 3.05) is 6.61 Å². The predicted octanol–water partition coefficient (Wildman–Crippen LogP) is 0.337. The third kappa shape index (κ3) is 2.13. The second-order valence-corrected chi connectivity index (χ2v) is 3.73. The maximum absolute atomic E-state index is 9.47. The van der Waals surface area contributed by atoms with Crippen LogP contribution in [0.15, 0.2) is 12.4 Å². The lowest BCUT2D eigenvalue weighted by Gasteiger charge is -2.40. The molecule has 1 aromatic rings. The molecule has 0 aliphatic heterocycles. The van der Waals surface area contributed by atoms with Crippen LogP contribution in [-0.4, -0.2) is 39.8 Å². The number of aliphatic hydroxyl groups is 1. The van der Waals surface area contributed by atoms with Crippen LogP contribution < -0.4 is 4.74 Å². The molecule has 1 fully saturated rings. The zero-order chi connectivity index (χ0) is 10.8. The summed E-state index contributed by atoms with van der Waals surface area (Å²) in [6.45, 7) is 2.50. The molecule has 0 bridgehead atoms. The summed E-state index contributed by atoms with van der Waals surface area (Å²) in [6, 6.07) is 0. The summed E-state index contributed by atoms with van der Waals surface area (Å²) in [5, 5.41) is 13.5. The first-order valence-electron chi connectivity index (χ1n) is 5.15. The summed E-state index contributed by atoms with van der Waals surface area (Å²) < 4.78 is 12.7. The lowest BCUT2D eigenvalue weighted by Crippen LogP contribution is -2.55. The highest BCUT2D eigenvalue weighted by molar-refractivity contribution is 5.13. The van der Waals surface area contributed by atoms with Crippen LogP contribution in [0.25, 0.3) is 0 Å². The van der Waals surface area contributed by atoms with Crippen molar-refractivity contribution in [3.8, 4) is 5.75 Å². The van der Waals surface area contributed by atoms with Gasteiger partial charge in [-0.2, -0.15) is 5.10 Å². The van der Waals surface area contributed by atoms with Gasteiger partial charge >= 0.3 is 0 Å². The van der Waals surface area contributed by atoms with Gasteiger partial charge in [0.2, 0.25) is 0 Å². The predicted molar refractivity (Wildman–Crippen MR) is 53.7 cm³/mol. The van der Waals surface area contributed by atoms with E-state index in [2.05, 4.69) is 5.10 Å². The van der Waals surface area contributed by atoms with Crippen LogP contribution in [0.5, 0.6) is 5.75 Å². The second kappa shape index (κ2) is 4.20. The van der Waals surface area contributed by atoms with Gasteiger partial charge in [0.15, 0.2) is 5.75 Å². The highest BCUT2D eigenvalue weighted by Crippen LogP contribution is 2.28. The number of ether oxygens (including phenoxy) is 2. The van der Waals surface area contributed by atoms with Crippen molar-refractivity contribution in [1.82, 2.24) is 9.78 Å². The molecule has 0 aromatic carbocycles. The van der Waals surface area contributed by atoms with Crippen molar-refractivity contribution < 1.29 is 14.6 Å². The Bertz CT molecular complexity index is 326. The van der Waals surface area contributed by atoms with Crippen LogP contribution in [0, 0.1) is 0 Å². The third-order valence-electron chi connectivity index (χ3n) is 2.55. The number of aliphatic hydroxyl groups excluding tert-OH is 1. The van der Waals surface area contributed by atoms with Crippen LogP contribution in [0.2, 0.25) is 0 Å². The highest BCUT2D eigenvalue weighted by Gasteiger charge is 2.42. The number of hydrogen-bond acceptors (Lipinski definition) is 4. The van der Waals surface area contributed by atoms with E-state index in [0.717, 1.165) is 5.75 Å². The van der Waals surface area contributed by atoms with E-state index in [9.17, 15) is 5.11 Å². The third-order valence-corrected chi connectivity index (χ3v) is 2.55. The van der Waals surface area contributed by atoms with Gasteiger partial charge in [-0.3, -0.25) is 4.68 Å². The van der Waals surface area contributed by atoms with Crippen LogP contribution in [0.3, 0.4) is 0 Å². The maximum Gasteiger partial charge on any atom is 0.157 e. The lowest BCUT2D eigenvalue weighted by molar-refractivity contribution is -0.160. The van der Waals surface area contributed by atoms with Crippen LogP contribution >= 0.6 is 0 Å². The second-order valence-electron chi connectivity index (χ2n) is 3.73. The molecule has 0 amide bonds. The SMILES string of the molecule is CCOC1C(O)CC1Oc1cnn(C)c1. The smallest absolute Gasteiger partial charge is 0.157 e. The van der Waals surface area contributed by atoms with E-state index in [-0.39, 0.29) is 12.2 Å². The molecule has 1 aromatic heterocycles. The quantitative estimate of drug-likeness (QED) is 0.781. The van der Waals surface area contributed by atoms with E-state index < -0.39 is 6.10 Å². The minimum atomic E-state index is -0.397. The molecule has 5 heteroatoms. The molecule has 3 atom stereocenters. The molecule has 1 aliphatic rings.